The first-order chi connectivity index (χ1) is 29.5. The van der Waals surface area contributed by atoms with Crippen LogP contribution in [0.15, 0.2) is 30.3 Å². The fourth-order valence-electron chi connectivity index (χ4n) is 17.2. The Labute approximate surface area is 379 Å². The highest BCUT2D eigenvalue weighted by Gasteiger charge is 2.72. The lowest BCUT2D eigenvalue weighted by molar-refractivity contribution is -0.250. The van der Waals surface area contributed by atoms with Gasteiger partial charge in [0.15, 0.2) is 9.84 Å². The Hall–Kier alpha value is -2.04. The molecule has 1 aromatic rings. The van der Waals surface area contributed by atoms with Crippen LogP contribution in [0.5, 0.6) is 0 Å². The van der Waals surface area contributed by atoms with Gasteiger partial charge in [-0.05, 0) is 153 Å². The molecule has 63 heavy (non-hydrogen) atoms. The van der Waals surface area contributed by atoms with Gasteiger partial charge in [-0.3, -0.25) is 14.5 Å². The van der Waals surface area contributed by atoms with Crippen LogP contribution in [-0.4, -0.2) is 80.3 Å². The number of alkyl halides is 1. The van der Waals surface area contributed by atoms with E-state index < -0.39 is 21.4 Å². The van der Waals surface area contributed by atoms with E-state index in [2.05, 4.69) is 51.8 Å². The van der Waals surface area contributed by atoms with E-state index >= 15 is 4.39 Å². The lowest BCUT2D eigenvalue weighted by Crippen LogP contribution is -2.69. The van der Waals surface area contributed by atoms with Gasteiger partial charge in [0.2, 0.25) is 0 Å². The normalized spacial score (nSPS) is 44.0. The zero-order valence-corrected chi connectivity index (χ0v) is 41.1. The van der Waals surface area contributed by atoms with Crippen LogP contribution in [0.1, 0.15) is 151 Å². The number of fused-ring (bicyclic) bond motifs is 7. The van der Waals surface area contributed by atoms with Crippen molar-refractivity contribution in [2.45, 2.75) is 176 Å². The predicted molar refractivity (Wildman–Crippen MR) is 246 cm³/mol. The van der Waals surface area contributed by atoms with E-state index in [0.717, 1.165) is 37.7 Å². The molecule has 1 aromatic carbocycles. The summed E-state index contributed by atoms with van der Waals surface area (Å²) >= 11 is 0. The summed E-state index contributed by atoms with van der Waals surface area (Å²) < 4.78 is 52.5. The summed E-state index contributed by atoms with van der Waals surface area (Å²) in [4.78, 5) is 29.4. The van der Waals surface area contributed by atoms with Crippen LogP contribution in [0.3, 0.4) is 0 Å². The van der Waals surface area contributed by atoms with Crippen LogP contribution in [0.4, 0.5) is 4.39 Å². The van der Waals surface area contributed by atoms with Crippen molar-refractivity contribution in [3.63, 3.8) is 0 Å². The summed E-state index contributed by atoms with van der Waals surface area (Å²) in [6.07, 6.45) is 13.5. The maximum Gasteiger partial charge on any atom is 0.309 e. The first-order valence-corrected chi connectivity index (χ1v) is 27.1. The van der Waals surface area contributed by atoms with Gasteiger partial charge in [-0.15, -0.1) is 0 Å². The highest BCUT2D eigenvalue weighted by atomic mass is 32.2. The van der Waals surface area contributed by atoms with E-state index in [-0.39, 0.29) is 81.2 Å². The minimum Gasteiger partial charge on any atom is -0.462 e. The Kier molecular flexibility index (Phi) is 11.5. The third kappa shape index (κ3) is 7.40. The second-order valence-corrected chi connectivity index (χ2v) is 27.3. The van der Waals surface area contributed by atoms with Crippen molar-refractivity contribution in [3.8, 4) is 0 Å². The molecule has 0 aromatic heterocycles. The maximum atomic E-state index is 15.5. The number of nitrogens with zero attached hydrogens (tertiary/aromatic N) is 1. The molecule has 0 spiro atoms. The van der Waals surface area contributed by atoms with Crippen molar-refractivity contribution in [1.82, 2.24) is 10.2 Å². The second kappa shape index (κ2) is 15.8. The number of carbonyl (C=O) groups is 2. The van der Waals surface area contributed by atoms with Crippen molar-refractivity contribution >= 4 is 21.8 Å². The van der Waals surface area contributed by atoms with E-state index in [4.69, 9.17) is 9.47 Å². The zero-order chi connectivity index (χ0) is 45.2. The first-order valence-electron chi connectivity index (χ1n) is 25.3. The fraction of sp³-hybridized carbons (Fsp3) is 0.849. The molecule has 0 radical (unpaired) electrons. The van der Waals surface area contributed by atoms with Gasteiger partial charge in [0.1, 0.15) is 18.9 Å². The van der Waals surface area contributed by atoms with Crippen LogP contribution < -0.4 is 5.32 Å². The van der Waals surface area contributed by atoms with Crippen LogP contribution in [0, 0.1) is 73.9 Å². The third-order valence-corrected chi connectivity index (χ3v) is 23.3. The number of hydrogen-bond acceptors (Lipinski definition) is 8. The van der Waals surface area contributed by atoms with Gasteiger partial charge in [0.05, 0.1) is 29.4 Å². The Balaban J connectivity index is 0.892. The summed E-state index contributed by atoms with van der Waals surface area (Å²) in [6.45, 7) is 22.7. The minimum atomic E-state index is -3.04. The molecule has 1 aliphatic heterocycles. The summed E-state index contributed by atoms with van der Waals surface area (Å²) in [5.74, 6) is 2.15. The number of ether oxygens (including phenoxy) is 2. The third-order valence-electron chi connectivity index (χ3n) is 21.7. The van der Waals surface area contributed by atoms with Crippen molar-refractivity contribution in [3.05, 3.63) is 35.9 Å². The zero-order valence-electron chi connectivity index (χ0n) is 40.3. The molecule has 0 amide bonds. The van der Waals surface area contributed by atoms with Crippen molar-refractivity contribution in [1.29, 1.82) is 0 Å². The van der Waals surface area contributed by atoms with Gasteiger partial charge >= 0.3 is 11.9 Å². The van der Waals surface area contributed by atoms with E-state index in [0.29, 0.717) is 61.1 Å². The molecule has 7 saturated carbocycles. The SMILES string of the molecule is C[C@H](F)[C@@H](CN[C@]12CC[C@@H](C3(C)CC3)[C@@H]1[C@H]1CC[C@@H]3[C@@]4(C)CC[C@H](OC(=O)[C@H]5C[C@@H](C(=O)OCc6ccccc6)C5(C)C)C(C)(C)[C@@H]4CC[C@@]3(C)[C@]1(C)CC2)N1CCS(=O)(=O)CC1. The van der Waals surface area contributed by atoms with Gasteiger partial charge in [-0.25, -0.2) is 12.8 Å². The molecule has 8 nitrogen and oxygen atoms in total. The van der Waals surface area contributed by atoms with Gasteiger partial charge in [0, 0.05) is 30.6 Å². The number of esters is 2. The van der Waals surface area contributed by atoms with Crippen LogP contribution in [-0.2, 0) is 35.5 Å². The summed E-state index contributed by atoms with van der Waals surface area (Å²) in [6, 6.07) is 9.43. The Morgan fingerprint density at radius 3 is 2.10 bits per heavy atom. The number of halogens is 1. The lowest BCUT2D eigenvalue weighted by Gasteiger charge is -2.73. The molecular formula is C53H81FN2O6S. The monoisotopic (exact) mass is 893 g/mol. The Morgan fingerprint density at radius 1 is 0.762 bits per heavy atom. The molecule has 8 fully saturated rings. The average Bonchev–Trinajstić information content (AvgIpc) is 3.85. The maximum absolute atomic E-state index is 15.5. The molecule has 14 atom stereocenters. The number of rotatable bonds is 11. The number of carbonyl (C=O) groups excluding carboxylic acids is 2. The standard InChI is InChI=1S/C53H81FN2O6S/c1-34(54)40(56-27-29-63(59,60)30-28-56)32-55-53-22-17-36(49(6)23-24-49)44(53)37-15-16-42-50(7)20-19-43(48(4,5)41(50)18-21-52(42,9)51(37,8)25-26-53)62-46(58)39-31-38(47(39,2)3)45(57)61-33-35-13-11-10-12-14-35/h10-14,34,36-44,55H,15-33H2,1-9H3/t34-,36+,37+,38-,39+,40+,41-,42+,43-,44+,50-,51+,52+,53-/m0/s1. The molecule has 0 unspecified atom stereocenters. The van der Waals surface area contributed by atoms with E-state index in [1.807, 2.05) is 44.2 Å². The van der Waals surface area contributed by atoms with Crippen molar-refractivity contribution < 1.29 is 31.9 Å². The highest BCUT2D eigenvalue weighted by Crippen LogP contribution is 2.78. The molecule has 7 aliphatic carbocycles. The molecule has 1 saturated heterocycles. The molecule has 1 N–H and O–H groups in total. The first kappa shape index (κ1) is 46.1. The fourth-order valence-corrected chi connectivity index (χ4v) is 18.4. The quantitative estimate of drug-likeness (QED) is 0.219. The summed E-state index contributed by atoms with van der Waals surface area (Å²) in [7, 11) is -3.04. The van der Waals surface area contributed by atoms with E-state index in [1.54, 1.807) is 6.92 Å². The Morgan fingerprint density at radius 2 is 1.44 bits per heavy atom. The number of sulfone groups is 1. The molecule has 352 valence electrons. The van der Waals surface area contributed by atoms with Gasteiger partial charge in [-0.2, -0.15) is 0 Å². The minimum absolute atomic E-state index is 0.00116. The lowest BCUT2D eigenvalue weighted by atomic mass is 9.32. The van der Waals surface area contributed by atoms with Crippen molar-refractivity contribution in [2.75, 3.05) is 31.1 Å². The van der Waals surface area contributed by atoms with Crippen molar-refractivity contribution in [2.24, 2.45) is 73.9 Å². The molecule has 10 heteroatoms. The van der Waals surface area contributed by atoms with Gasteiger partial charge in [-0.1, -0.05) is 85.7 Å². The molecule has 1 heterocycles. The molecule has 0 bridgehead atoms. The molecular weight excluding hydrogens is 812 g/mol. The summed E-state index contributed by atoms with van der Waals surface area (Å²) in [5.41, 5.74) is 1.21. The predicted octanol–water partition coefficient (Wildman–Crippen LogP) is 9.98. The number of benzene rings is 1. The smallest absolute Gasteiger partial charge is 0.309 e. The average molecular weight is 893 g/mol. The van der Waals surface area contributed by atoms with Crippen LogP contribution >= 0.6 is 0 Å². The second-order valence-electron chi connectivity index (χ2n) is 25.0. The van der Waals surface area contributed by atoms with Gasteiger partial charge < -0.3 is 14.8 Å². The number of hydrogen-bond donors (Lipinski definition) is 1. The topological polar surface area (TPSA) is 102 Å². The molecule has 9 rings (SSSR count). The van der Waals surface area contributed by atoms with Crippen LogP contribution in [0.25, 0.3) is 0 Å². The Bertz CT molecular complexity index is 2010. The van der Waals surface area contributed by atoms with E-state index in [1.165, 1.54) is 44.9 Å². The highest BCUT2D eigenvalue weighted by molar-refractivity contribution is 7.91. The van der Waals surface area contributed by atoms with Crippen LogP contribution in [0.2, 0.25) is 0 Å². The summed E-state index contributed by atoms with van der Waals surface area (Å²) in [5, 5.41) is 4.19. The number of nitrogens with one attached hydrogen (secondary N) is 1. The molecule has 8 aliphatic rings. The van der Waals surface area contributed by atoms with Gasteiger partial charge in [0.25, 0.3) is 0 Å². The largest absolute Gasteiger partial charge is 0.462 e. The van der Waals surface area contributed by atoms with E-state index in [9.17, 15) is 18.0 Å².